The van der Waals surface area contributed by atoms with Gasteiger partial charge in [-0.15, -0.1) is 0 Å². The highest BCUT2D eigenvalue weighted by Gasteiger charge is 2.47. The molecule has 3 aromatic carbocycles. The maximum Gasteiger partial charge on any atom is 0.416 e. The molecule has 0 radical (unpaired) electrons. The third-order valence-corrected chi connectivity index (χ3v) is 5.75. The van der Waals surface area contributed by atoms with Gasteiger partial charge < -0.3 is 5.11 Å². The van der Waals surface area contributed by atoms with Crippen molar-refractivity contribution in [3.8, 4) is 0 Å². The Balaban J connectivity index is 1.93. The SMILES string of the molecule is Cc1ccc(C)c(/C(O)=C2\C(=O)C(=O)N(c3ccc(C(F)(F)F)cc3)C2c2ccc(F)cc2)c1. The summed E-state index contributed by atoms with van der Waals surface area (Å²) in [5.74, 6) is -2.97. The summed E-state index contributed by atoms with van der Waals surface area (Å²) in [6, 6.07) is 12.9. The number of carbonyl (C=O) groups is 2. The second-order valence-corrected chi connectivity index (χ2v) is 8.08. The van der Waals surface area contributed by atoms with Crippen molar-refractivity contribution in [2.75, 3.05) is 4.90 Å². The van der Waals surface area contributed by atoms with Crippen molar-refractivity contribution in [2.45, 2.75) is 26.1 Å². The monoisotopic (exact) mass is 469 g/mol. The molecule has 0 saturated carbocycles. The van der Waals surface area contributed by atoms with E-state index in [1.807, 2.05) is 6.07 Å². The maximum atomic E-state index is 13.6. The highest BCUT2D eigenvalue weighted by molar-refractivity contribution is 6.51. The highest BCUT2D eigenvalue weighted by Crippen LogP contribution is 2.43. The van der Waals surface area contributed by atoms with Crippen LogP contribution in [-0.4, -0.2) is 16.8 Å². The summed E-state index contributed by atoms with van der Waals surface area (Å²) < 4.78 is 52.7. The van der Waals surface area contributed by atoms with Crippen molar-refractivity contribution in [1.29, 1.82) is 0 Å². The van der Waals surface area contributed by atoms with Crippen molar-refractivity contribution in [2.24, 2.45) is 0 Å². The van der Waals surface area contributed by atoms with E-state index in [0.717, 1.165) is 46.9 Å². The van der Waals surface area contributed by atoms with Crippen molar-refractivity contribution < 1.29 is 32.3 Å². The largest absolute Gasteiger partial charge is 0.507 e. The molecule has 34 heavy (non-hydrogen) atoms. The number of aliphatic hydroxyl groups is 1. The van der Waals surface area contributed by atoms with E-state index in [-0.39, 0.29) is 11.3 Å². The van der Waals surface area contributed by atoms with Gasteiger partial charge in [-0.2, -0.15) is 13.2 Å². The number of nitrogens with zero attached hydrogens (tertiary/aromatic N) is 1. The molecule has 1 N–H and O–H groups in total. The molecule has 1 saturated heterocycles. The fourth-order valence-corrected chi connectivity index (χ4v) is 4.01. The van der Waals surface area contributed by atoms with Crippen LogP contribution in [0.3, 0.4) is 0 Å². The summed E-state index contributed by atoms with van der Waals surface area (Å²) in [4.78, 5) is 27.2. The van der Waals surface area contributed by atoms with E-state index in [4.69, 9.17) is 0 Å². The Kier molecular flexibility index (Phi) is 5.77. The number of anilines is 1. The van der Waals surface area contributed by atoms with Crippen molar-refractivity contribution in [3.63, 3.8) is 0 Å². The second-order valence-electron chi connectivity index (χ2n) is 8.08. The van der Waals surface area contributed by atoms with Crippen LogP contribution >= 0.6 is 0 Å². The zero-order valence-corrected chi connectivity index (χ0v) is 18.2. The van der Waals surface area contributed by atoms with E-state index in [2.05, 4.69) is 0 Å². The lowest BCUT2D eigenvalue weighted by atomic mass is 9.93. The van der Waals surface area contributed by atoms with Gasteiger partial charge in [0, 0.05) is 11.3 Å². The number of hydrogen-bond acceptors (Lipinski definition) is 3. The van der Waals surface area contributed by atoms with Gasteiger partial charge in [-0.25, -0.2) is 4.39 Å². The molecule has 1 heterocycles. The van der Waals surface area contributed by atoms with E-state index in [1.54, 1.807) is 26.0 Å². The molecule has 3 aromatic rings. The summed E-state index contributed by atoms with van der Waals surface area (Å²) in [6.45, 7) is 3.53. The molecule has 4 rings (SSSR count). The number of aryl methyl sites for hydroxylation is 2. The normalized spacial score (nSPS) is 17.9. The van der Waals surface area contributed by atoms with E-state index >= 15 is 0 Å². The highest BCUT2D eigenvalue weighted by atomic mass is 19.4. The van der Waals surface area contributed by atoms with Gasteiger partial charge in [-0.1, -0.05) is 29.8 Å². The molecule has 1 aliphatic rings. The fraction of sp³-hybridized carbons (Fsp3) is 0.154. The van der Waals surface area contributed by atoms with Gasteiger partial charge in [0.2, 0.25) is 0 Å². The first-order chi connectivity index (χ1) is 16.0. The Morgan fingerprint density at radius 2 is 1.53 bits per heavy atom. The minimum atomic E-state index is -4.58. The molecule has 174 valence electrons. The molecule has 1 amide bonds. The number of carbonyl (C=O) groups excluding carboxylic acids is 2. The Labute approximate surface area is 192 Å². The quantitative estimate of drug-likeness (QED) is 0.219. The van der Waals surface area contributed by atoms with E-state index < -0.39 is 41.0 Å². The average Bonchev–Trinajstić information content (AvgIpc) is 3.05. The number of benzene rings is 3. The van der Waals surface area contributed by atoms with Crippen LogP contribution in [0, 0.1) is 19.7 Å². The van der Waals surface area contributed by atoms with Crippen molar-refractivity contribution in [3.05, 3.63) is 106 Å². The van der Waals surface area contributed by atoms with Gasteiger partial charge in [0.25, 0.3) is 11.7 Å². The summed E-state index contributed by atoms with van der Waals surface area (Å²) in [5, 5.41) is 11.2. The lowest BCUT2D eigenvalue weighted by Crippen LogP contribution is -2.29. The van der Waals surface area contributed by atoms with Crippen LogP contribution in [0.25, 0.3) is 5.76 Å². The number of alkyl halides is 3. The molecule has 0 spiro atoms. The third kappa shape index (κ3) is 4.07. The molecule has 1 unspecified atom stereocenters. The first-order valence-electron chi connectivity index (χ1n) is 10.3. The molecule has 1 aliphatic heterocycles. The predicted molar refractivity (Wildman–Crippen MR) is 119 cm³/mol. The van der Waals surface area contributed by atoms with Gasteiger partial charge >= 0.3 is 6.18 Å². The minimum absolute atomic E-state index is 0.0319. The Hall–Kier alpha value is -3.94. The number of hydrogen-bond donors (Lipinski definition) is 1. The molecule has 4 nitrogen and oxygen atoms in total. The van der Waals surface area contributed by atoms with Crippen LogP contribution in [-0.2, 0) is 15.8 Å². The molecule has 1 fully saturated rings. The van der Waals surface area contributed by atoms with Crippen molar-refractivity contribution >= 4 is 23.1 Å². The average molecular weight is 469 g/mol. The van der Waals surface area contributed by atoms with Crippen LogP contribution in [0.15, 0.2) is 72.3 Å². The first-order valence-corrected chi connectivity index (χ1v) is 10.3. The number of Topliss-reactive ketones (excluding diaryl/α,β-unsaturated/α-hetero) is 1. The van der Waals surface area contributed by atoms with Gasteiger partial charge in [-0.3, -0.25) is 14.5 Å². The van der Waals surface area contributed by atoms with E-state index in [1.165, 1.54) is 12.1 Å². The molecule has 1 atom stereocenters. The zero-order chi connectivity index (χ0) is 24.8. The number of halogens is 4. The van der Waals surface area contributed by atoms with E-state index in [0.29, 0.717) is 16.7 Å². The third-order valence-electron chi connectivity index (χ3n) is 5.75. The second kappa shape index (κ2) is 8.44. The predicted octanol–water partition coefficient (Wildman–Crippen LogP) is 6.09. The zero-order valence-electron chi connectivity index (χ0n) is 18.2. The Morgan fingerprint density at radius 3 is 2.12 bits per heavy atom. The Bertz CT molecular complexity index is 1310. The summed E-state index contributed by atoms with van der Waals surface area (Å²) in [7, 11) is 0. The molecular formula is C26H19F4NO3. The smallest absolute Gasteiger partial charge is 0.416 e. The van der Waals surface area contributed by atoms with Crippen LogP contribution in [0.5, 0.6) is 0 Å². The maximum absolute atomic E-state index is 13.6. The number of aliphatic hydroxyl groups excluding tert-OH is 1. The number of rotatable bonds is 3. The standard InChI is InChI=1S/C26H19F4NO3/c1-14-3-4-15(2)20(13-14)23(32)21-22(16-5-9-18(27)10-6-16)31(25(34)24(21)33)19-11-7-17(8-12-19)26(28,29)30/h3-13,22,32H,1-2H3/b23-21+. The van der Waals surface area contributed by atoms with Gasteiger partial charge in [0.1, 0.15) is 11.6 Å². The van der Waals surface area contributed by atoms with Gasteiger partial charge in [-0.05, 0) is 67.4 Å². The molecule has 0 aliphatic carbocycles. The Morgan fingerprint density at radius 1 is 0.912 bits per heavy atom. The van der Waals surface area contributed by atoms with Crippen molar-refractivity contribution in [1.82, 2.24) is 0 Å². The number of amides is 1. The summed E-state index contributed by atoms with van der Waals surface area (Å²) in [6.07, 6.45) is -4.58. The topological polar surface area (TPSA) is 57.6 Å². The lowest BCUT2D eigenvalue weighted by molar-refractivity contribution is -0.137. The fourth-order valence-electron chi connectivity index (χ4n) is 4.01. The van der Waals surface area contributed by atoms with Crippen LogP contribution in [0.1, 0.15) is 33.9 Å². The molecule has 0 bridgehead atoms. The van der Waals surface area contributed by atoms with Gasteiger partial charge in [0.05, 0.1) is 17.2 Å². The minimum Gasteiger partial charge on any atom is -0.507 e. The van der Waals surface area contributed by atoms with Crippen LogP contribution in [0.2, 0.25) is 0 Å². The first kappa shape index (κ1) is 23.2. The summed E-state index contributed by atoms with van der Waals surface area (Å²) in [5.41, 5.74) is 1.00. The van der Waals surface area contributed by atoms with E-state index in [9.17, 15) is 32.3 Å². The summed E-state index contributed by atoms with van der Waals surface area (Å²) >= 11 is 0. The molecule has 8 heteroatoms. The van der Waals surface area contributed by atoms with Crippen LogP contribution < -0.4 is 4.90 Å². The number of ketones is 1. The molecular weight excluding hydrogens is 450 g/mol. The van der Waals surface area contributed by atoms with Gasteiger partial charge in [0.15, 0.2) is 0 Å². The molecule has 0 aromatic heterocycles. The van der Waals surface area contributed by atoms with Crippen LogP contribution in [0.4, 0.5) is 23.2 Å². The lowest BCUT2D eigenvalue weighted by Gasteiger charge is -2.26.